The van der Waals surface area contributed by atoms with Crippen LogP contribution in [0.25, 0.3) is 0 Å². The van der Waals surface area contributed by atoms with E-state index in [2.05, 4.69) is 22.6 Å². The van der Waals surface area contributed by atoms with Gasteiger partial charge in [-0.05, 0) is 52.4 Å². The first-order valence-corrected chi connectivity index (χ1v) is 6.80. The summed E-state index contributed by atoms with van der Waals surface area (Å²) in [5.41, 5.74) is 1.13. The number of nitro benzene ring substituents is 1. The van der Waals surface area contributed by atoms with Crippen LogP contribution in [0.4, 0.5) is 5.69 Å². The maximum absolute atomic E-state index is 11.8. The van der Waals surface area contributed by atoms with Gasteiger partial charge in [-0.1, -0.05) is 12.1 Å². The number of esters is 1. The van der Waals surface area contributed by atoms with E-state index in [1.165, 1.54) is 24.3 Å². The molecule has 0 spiro atoms. The summed E-state index contributed by atoms with van der Waals surface area (Å²) in [6.07, 6.45) is 0. The Balaban J connectivity index is 1.97. The summed E-state index contributed by atoms with van der Waals surface area (Å²) in [6.45, 7) is 0.173. The van der Waals surface area contributed by atoms with E-state index in [1.54, 1.807) is 0 Å². The lowest BCUT2D eigenvalue weighted by atomic mass is 10.2. The number of ether oxygens (including phenoxy) is 1. The predicted molar refractivity (Wildman–Crippen MR) is 81.4 cm³/mol. The first kappa shape index (κ1) is 14.4. The molecule has 0 heterocycles. The van der Waals surface area contributed by atoms with E-state index in [-0.39, 0.29) is 12.3 Å². The van der Waals surface area contributed by atoms with Gasteiger partial charge in [-0.15, -0.1) is 0 Å². The fraction of sp³-hybridized carbons (Fsp3) is 0.0714. The molecule has 102 valence electrons. The summed E-state index contributed by atoms with van der Waals surface area (Å²) in [5.74, 6) is -0.501. The molecule has 0 aliphatic rings. The second kappa shape index (κ2) is 6.47. The molecule has 2 aromatic carbocycles. The Labute approximate surface area is 128 Å². The number of halogens is 1. The van der Waals surface area contributed by atoms with Crippen LogP contribution in [-0.2, 0) is 11.3 Å². The first-order chi connectivity index (χ1) is 9.56. The fourth-order valence-corrected chi connectivity index (χ4v) is 1.89. The zero-order valence-electron chi connectivity index (χ0n) is 10.3. The largest absolute Gasteiger partial charge is 0.457 e. The van der Waals surface area contributed by atoms with Crippen LogP contribution in [0.1, 0.15) is 15.9 Å². The molecule has 0 radical (unpaired) electrons. The van der Waals surface area contributed by atoms with E-state index in [0.717, 1.165) is 9.13 Å². The Bertz CT molecular complexity index is 623. The molecular formula is C14H10INO4. The van der Waals surface area contributed by atoms with Crippen LogP contribution in [0.5, 0.6) is 0 Å². The van der Waals surface area contributed by atoms with Crippen LogP contribution in [-0.4, -0.2) is 10.9 Å². The second-order valence-electron chi connectivity index (χ2n) is 4.01. The monoisotopic (exact) mass is 383 g/mol. The summed E-state index contributed by atoms with van der Waals surface area (Å²) in [6, 6.07) is 12.9. The van der Waals surface area contributed by atoms with Crippen molar-refractivity contribution in [2.24, 2.45) is 0 Å². The van der Waals surface area contributed by atoms with E-state index >= 15 is 0 Å². The summed E-state index contributed by atoms with van der Waals surface area (Å²) in [7, 11) is 0. The minimum atomic E-state index is -0.513. The van der Waals surface area contributed by atoms with Gasteiger partial charge in [0.2, 0.25) is 0 Å². The minimum absolute atomic E-state index is 0.0563. The van der Waals surface area contributed by atoms with E-state index in [1.807, 2.05) is 24.3 Å². The number of carbonyl (C=O) groups is 1. The number of hydrogen-bond acceptors (Lipinski definition) is 4. The van der Waals surface area contributed by atoms with Crippen molar-refractivity contribution in [2.75, 3.05) is 0 Å². The van der Waals surface area contributed by atoms with Crippen LogP contribution in [0.15, 0.2) is 48.5 Å². The van der Waals surface area contributed by atoms with Crippen LogP contribution in [0, 0.1) is 13.7 Å². The summed E-state index contributed by atoms with van der Waals surface area (Å²) in [4.78, 5) is 21.8. The summed E-state index contributed by atoms with van der Waals surface area (Å²) >= 11 is 2.19. The Morgan fingerprint density at radius 2 is 1.70 bits per heavy atom. The van der Waals surface area contributed by atoms with Gasteiger partial charge in [-0.25, -0.2) is 4.79 Å². The lowest BCUT2D eigenvalue weighted by Gasteiger charge is -2.05. The highest BCUT2D eigenvalue weighted by molar-refractivity contribution is 14.1. The topological polar surface area (TPSA) is 69.4 Å². The quantitative estimate of drug-likeness (QED) is 0.351. The van der Waals surface area contributed by atoms with Crippen molar-refractivity contribution in [2.45, 2.75) is 6.61 Å². The first-order valence-electron chi connectivity index (χ1n) is 5.72. The highest BCUT2D eigenvalue weighted by atomic mass is 127. The molecule has 0 aliphatic heterocycles. The van der Waals surface area contributed by atoms with Gasteiger partial charge in [0.05, 0.1) is 10.5 Å². The van der Waals surface area contributed by atoms with Gasteiger partial charge in [0.1, 0.15) is 6.61 Å². The third-order valence-corrected chi connectivity index (χ3v) is 3.32. The van der Waals surface area contributed by atoms with E-state index < -0.39 is 10.9 Å². The normalized spacial score (nSPS) is 10.1. The standard InChI is InChI=1S/C14H10INO4/c15-12-5-1-10(2-6-12)9-20-14(17)11-3-7-13(8-4-11)16(18)19/h1-8H,9H2. The van der Waals surface area contributed by atoms with Crippen molar-refractivity contribution in [3.63, 3.8) is 0 Å². The number of benzene rings is 2. The minimum Gasteiger partial charge on any atom is -0.457 e. The predicted octanol–water partition coefficient (Wildman–Crippen LogP) is 3.56. The molecule has 0 amide bonds. The van der Waals surface area contributed by atoms with Gasteiger partial charge in [0, 0.05) is 15.7 Å². The molecule has 0 N–H and O–H groups in total. The molecule has 0 aromatic heterocycles. The molecule has 0 atom stereocenters. The molecule has 0 bridgehead atoms. The zero-order chi connectivity index (χ0) is 14.5. The van der Waals surface area contributed by atoms with Gasteiger partial charge in [0.15, 0.2) is 0 Å². The van der Waals surface area contributed by atoms with Crippen molar-refractivity contribution in [3.8, 4) is 0 Å². The van der Waals surface area contributed by atoms with Crippen LogP contribution in [0.2, 0.25) is 0 Å². The molecule has 20 heavy (non-hydrogen) atoms. The Morgan fingerprint density at radius 3 is 2.25 bits per heavy atom. The lowest BCUT2D eigenvalue weighted by molar-refractivity contribution is -0.384. The molecule has 2 aromatic rings. The Morgan fingerprint density at radius 1 is 1.10 bits per heavy atom. The van der Waals surface area contributed by atoms with Gasteiger partial charge >= 0.3 is 5.97 Å². The number of rotatable bonds is 4. The van der Waals surface area contributed by atoms with Gasteiger partial charge in [-0.3, -0.25) is 10.1 Å². The highest BCUT2D eigenvalue weighted by Gasteiger charge is 2.10. The van der Waals surface area contributed by atoms with Crippen LogP contribution in [0.3, 0.4) is 0 Å². The van der Waals surface area contributed by atoms with Crippen LogP contribution < -0.4 is 0 Å². The van der Waals surface area contributed by atoms with E-state index in [9.17, 15) is 14.9 Å². The maximum Gasteiger partial charge on any atom is 0.338 e. The average molecular weight is 383 g/mol. The molecule has 0 saturated carbocycles. The Hall–Kier alpha value is -1.96. The molecule has 0 unspecified atom stereocenters. The Kier molecular flexibility index (Phi) is 4.67. The van der Waals surface area contributed by atoms with Crippen molar-refractivity contribution < 1.29 is 14.5 Å². The number of nitrogens with zero attached hydrogens (tertiary/aromatic N) is 1. The summed E-state index contributed by atoms with van der Waals surface area (Å²) < 4.78 is 6.25. The maximum atomic E-state index is 11.8. The van der Waals surface area contributed by atoms with Gasteiger partial charge in [0.25, 0.3) is 5.69 Å². The van der Waals surface area contributed by atoms with Gasteiger partial charge < -0.3 is 4.74 Å². The smallest absolute Gasteiger partial charge is 0.338 e. The molecular weight excluding hydrogens is 373 g/mol. The molecule has 5 nitrogen and oxygen atoms in total. The third-order valence-electron chi connectivity index (χ3n) is 2.60. The molecule has 0 fully saturated rings. The van der Waals surface area contributed by atoms with Crippen molar-refractivity contribution in [3.05, 3.63) is 73.3 Å². The zero-order valence-corrected chi connectivity index (χ0v) is 12.4. The van der Waals surface area contributed by atoms with Crippen molar-refractivity contribution in [1.82, 2.24) is 0 Å². The van der Waals surface area contributed by atoms with E-state index in [4.69, 9.17) is 4.74 Å². The molecule has 2 rings (SSSR count). The molecule has 0 saturated heterocycles. The van der Waals surface area contributed by atoms with Crippen molar-refractivity contribution >= 4 is 34.2 Å². The van der Waals surface area contributed by atoms with Crippen LogP contribution >= 0.6 is 22.6 Å². The second-order valence-corrected chi connectivity index (χ2v) is 5.25. The lowest BCUT2D eigenvalue weighted by Crippen LogP contribution is -2.05. The highest BCUT2D eigenvalue weighted by Crippen LogP contribution is 2.14. The number of nitro groups is 1. The van der Waals surface area contributed by atoms with Crippen molar-refractivity contribution in [1.29, 1.82) is 0 Å². The number of non-ortho nitro benzene ring substituents is 1. The fourth-order valence-electron chi connectivity index (χ4n) is 1.53. The number of hydrogen-bond donors (Lipinski definition) is 0. The average Bonchev–Trinajstić information content (AvgIpc) is 2.46. The third kappa shape index (κ3) is 3.77. The summed E-state index contributed by atoms with van der Waals surface area (Å²) in [5, 5.41) is 10.5. The molecule has 6 heteroatoms. The SMILES string of the molecule is O=C(OCc1ccc(I)cc1)c1ccc([N+](=O)[O-])cc1. The van der Waals surface area contributed by atoms with E-state index in [0.29, 0.717) is 5.56 Å². The molecule has 0 aliphatic carbocycles. The number of carbonyl (C=O) groups excluding carboxylic acids is 1. The van der Waals surface area contributed by atoms with Gasteiger partial charge in [-0.2, -0.15) is 0 Å².